The van der Waals surface area contributed by atoms with Gasteiger partial charge in [-0.05, 0) is 63.0 Å². The van der Waals surface area contributed by atoms with Crippen molar-refractivity contribution in [3.8, 4) is 11.1 Å². The Bertz CT molecular complexity index is 1110. The van der Waals surface area contributed by atoms with E-state index in [1.54, 1.807) is 11.3 Å². The summed E-state index contributed by atoms with van der Waals surface area (Å²) in [5.41, 5.74) is 15.9. The molecule has 0 aliphatic rings. The van der Waals surface area contributed by atoms with Gasteiger partial charge in [-0.15, -0.1) is 11.3 Å². The zero-order valence-electron chi connectivity index (χ0n) is 20.9. The number of hydrogen-bond donors (Lipinski definition) is 1. The molecule has 4 heteroatoms. The van der Waals surface area contributed by atoms with Gasteiger partial charge in [0, 0.05) is 21.4 Å². The van der Waals surface area contributed by atoms with Crippen molar-refractivity contribution in [3.05, 3.63) is 87.6 Å². The number of benzene rings is 2. The molecule has 3 aromatic rings. The molecule has 0 bridgehead atoms. The number of rotatable bonds is 9. The minimum atomic E-state index is -0.110. The Morgan fingerprint density at radius 3 is 1.97 bits per heavy atom. The molecule has 0 spiro atoms. The molecule has 174 valence electrons. The third kappa shape index (κ3) is 5.70. The van der Waals surface area contributed by atoms with Crippen molar-refractivity contribution >= 4 is 22.6 Å². The van der Waals surface area contributed by atoms with Crippen LogP contribution in [-0.4, -0.2) is 36.4 Å². The Hall–Kier alpha value is -2.53. The zero-order valence-corrected chi connectivity index (χ0v) is 21.7. The first-order chi connectivity index (χ1) is 15.8. The van der Waals surface area contributed by atoms with Crippen LogP contribution in [0.25, 0.3) is 16.7 Å². The number of hydrogen-bond acceptors (Lipinski definition) is 4. The Morgan fingerprint density at radius 1 is 1.00 bits per heavy atom. The number of likely N-dealkylation sites (N-methyl/N-ethyl adjacent to an activating group) is 1. The Morgan fingerprint density at radius 2 is 1.55 bits per heavy atom. The lowest BCUT2D eigenvalue weighted by molar-refractivity contribution is 0.224. The molecule has 0 radical (unpaired) electrons. The second-order valence-electron chi connectivity index (χ2n) is 8.78. The Balaban J connectivity index is 2.02. The Labute approximate surface area is 203 Å². The summed E-state index contributed by atoms with van der Waals surface area (Å²) >= 11 is 1.78. The average Bonchev–Trinajstić information content (AvgIpc) is 3.17. The van der Waals surface area contributed by atoms with Gasteiger partial charge in [0.1, 0.15) is 0 Å². The zero-order chi connectivity index (χ0) is 24.1. The van der Waals surface area contributed by atoms with Crippen LogP contribution in [0, 0.1) is 13.8 Å². The number of nitrogens with two attached hydrogens (primary N) is 1. The van der Waals surface area contributed by atoms with Gasteiger partial charge in [0.05, 0.1) is 17.9 Å². The summed E-state index contributed by atoms with van der Waals surface area (Å²) in [4.78, 5) is 8.75. The lowest BCUT2D eigenvalue weighted by Gasteiger charge is -2.28. The van der Waals surface area contributed by atoms with Gasteiger partial charge in [-0.25, -0.2) is 0 Å². The lowest BCUT2D eigenvalue weighted by Crippen LogP contribution is -2.47. The molecular formula is C29H37N3S. The van der Waals surface area contributed by atoms with Crippen LogP contribution in [-0.2, 0) is 0 Å². The summed E-state index contributed by atoms with van der Waals surface area (Å²) in [6.07, 6.45) is 0.783. The molecule has 1 heterocycles. The smallest absolute Gasteiger partial charge is 0.0800 e. The van der Waals surface area contributed by atoms with Gasteiger partial charge >= 0.3 is 0 Å². The van der Waals surface area contributed by atoms with E-state index in [0.29, 0.717) is 0 Å². The highest BCUT2D eigenvalue weighted by atomic mass is 32.1. The topological polar surface area (TPSA) is 41.6 Å². The molecule has 0 amide bonds. The van der Waals surface area contributed by atoms with Gasteiger partial charge in [-0.3, -0.25) is 9.89 Å². The predicted molar refractivity (Wildman–Crippen MR) is 146 cm³/mol. The number of nitrogens with zero attached hydrogens (tertiary/aromatic N) is 2. The largest absolute Gasteiger partial charge is 0.314 e. The minimum Gasteiger partial charge on any atom is -0.314 e. The highest BCUT2D eigenvalue weighted by molar-refractivity contribution is 7.10. The molecule has 3 nitrogen and oxygen atoms in total. The summed E-state index contributed by atoms with van der Waals surface area (Å²) in [6.45, 7) is 15.6. The molecule has 2 unspecified atom stereocenters. The highest BCUT2D eigenvalue weighted by Gasteiger charge is 2.21. The monoisotopic (exact) mass is 459 g/mol. The van der Waals surface area contributed by atoms with Crippen molar-refractivity contribution in [2.24, 2.45) is 10.7 Å². The van der Waals surface area contributed by atoms with E-state index in [1.807, 2.05) is 6.92 Å². The van der Waals surface area contributed by atoms with E-state index in [4.69, 9.17) is 10.7 Å². The third-order valence-corrected chi connectivity index (χ3v) is 7.54. The highest BCUT2D eigenvalue weighted by Crippen LogP contribution is 2.27. The first-order valence-corrected chi connectivity index (χ1v) is 12.6. The fourth-order valence-corrected chi connectivity index (χ4v) is 4.76. The summed E-state index contributed by atoms with van der Waals surface area (Å²) in [6, 6.07) is 17.4. The summed E-state index contributed by atoms with van der Waals surface area (Å²) in [5, 5.41) is 2.23. The third-order valence-electron chi connectivity index (χ3n) is 6.53. The van der Waals surface area contributed by atoms with E-state index in [-0.39, 0.29) is 12.2 Å². The number of aryl methyl sites for hydroxylation is 1. The van der Waals surface area contributed by atoms with Gasteiger partial charge < -0.3 is 5.73 Å². The average molecular weight is 460 g/mol. The van der Waals surface area contributed by atoms with Gasteiger partial charge in [0.15, 0.2) is 0 Å². The van der Waals surface area contributed by atoms with Crippen molar-refractivity contribution < 1.29 is 0 Å². The maximum atomic E-state index is 6.58. The molecule has 0 saturated heterocycles. The molecule has 2 aromatic carbocycles. The standard InChI is InChI=1S/C29H37N3S/c1-8-27(29(30)32(7)9-2)31-28(26-18-33-21(6)20(26)5)25-16-14-24(15-17-25)23-12-10-22(11-13-23)19(3)4/h10-18,27,29H,3,8-9,30H2,1-2,4-7H3. The van der Waals surface area contributed by atoms with Crippen LogP contribution in [0.4, 0.5) is 0 Å². The van der Waals surface area contributed by atoms with E-state index in [1.165, 1.54) is 32.7 Å². The molecule has 2 atom stereocenters. The van der Waals surface area contributed by atoms with Crippen LogP contribution >= 0.6 is 11.3 Å². The Kier molecular flexibility index (Phi) is 8.41. The van der Waals surface area contributed by atoms with Gasteiger partial charge in [-0.2, -0.15) is 0 Å². The van der Waals surface area contributed by atoms with Crippen LogP contribution in [0.2, 0.25) is 0 Å². The molecule has 1 aromatic heterocycles. The molecule has 0 aliphatic carbocycles. The van der Waals surface area contributed by atoms with Crippen LogP contribution in [0.3, 0.4) is 0 Å². The summed E-state index contributed by atoms with van der Waals surface area (Å²) in [7, 11) is 2.07. The molecule has 3 rings (SSSR count). The molecule has 33 heavy (non-hydrogen) atoms. The maximum absolute atomic E-state index is 6.58. The van der Waals surface area contributed by atoms with E-state index >= 15 is 0 Å². The van der Waals surface area contributed by atoms with Crippen LogP contribution in [0.15, 0.2) is 65.5 Å². The van der Waals surface area contributed by atoms with Gasteiger partial charge in [0.25, 0.3) is 0 Å². The second-order valence-corrected chi connectivity index (χ2v) is 9.87. The molecular weight excluding hydrogens is 422 g/mol. The van der Waals surface area contributed by atoms with Gasteiger partial charge in [0.2, 0.25) is 0 Å². The SMILES string of the molecule is C=C(C)c1ccc(-c2ccc(C(=NC(CC)C(N)N(C)CC)c3csc(C)c3C)cc2)cc1. The predicted octanol–water partition coefficient (Wildman–Crippen LogP) is 6.92. The number of aliphatic imine (C=N–C) groups is 1. The van der Waals surface area contributed by atoms with Crippen LogP contribution in [0.1, 0.15) is 54.3 Å². The van der Waals surface area contributed by atoms with E-state index in [9.17, 15) is 0 Å². The number of allylic oxidation sites excluding steroid dienone is 1. The molecule has 2 N–H and O–H groups in total. The van der Waals surface area contributed by atoms with Crippen molar-refractivity contribution in [2.75, 3.05) is 13.6 Å². The lowest BCUT2D eigenvalue weighted by atomic mass is 9.96. The fraction of sp³-hybridized carbons (Fsp3) is 0.345. The van der Waals surface area contributed by atoms with Crippen LogP contribution in [0.5, 0.6) is 0 Å². The molecule has 0 fully saturated rings. The molecule has 0 aliphatic heterocycles. The fourth-order valence-electron chi connectivity index (χ4n) is 3.89. The molecule has 0 saturated carbocycles. The van der Waals surface area contributed by atoms with Crippen molar-refractivity contribution in [3.63, 3.8) is 0 Å². The minimum absolute atomic E-state index is 0.0268. The summed E-state index contributed by atoms with van der Waals surface area (Å²) < 4.78 is 0. The van der Waals surface area contributed by atoms with Gasteiger partial charge in [-0.1, -0.05) is 74.5 Å². The first-order valence-electron chi connectivity index (χ1n) is 11.7. The quantitative estimate of drug-likeness (QED) is 0.279. The van der Waals surface area contributed by atoms with Crippen molar-refractivity contribution in [2.45, 2.75) is 53.2 Å². The normalized spacial score (nSPS) is 13.9. The van der Waals surface area contributed by atoms with Crippen molar-refractivity contribution in [1.29, 1.82) is 0 Å². The number of thiophene rings is 1. The second kappa shape index (κ2) is 11.1. The summed E-state index contributed by atoms with van der Waals surface area (Å²) in [5.74, 6) is 0. The van der Waals surface area contributed by atoms with E-state index < -0.39 is 0 Å². The van der Waals surface area contributed by atoms with E-state index in [0.717, 1.165) is 29.8 Å². The first kappa shape index (κ1) is 25.1. The van der Waals surface area contributed by atoms with E-state index in [2.05, 4.69) is 100 Å². The van der Waals surface area contributed by atoms with Crippen molar-refractivity contribution in [1.82, 2.24) is 4.90 Å². The maximum Gasteiger partial charge on any atom is 0.0800 e. The van der Waals surface area contributed by atoms with Crippen LogP contribution < -0.4 is 5.73 Å².